The number of hydrogen-bond donors (Lipinski definition) is 2. The molecule has 36 heavy (non-hydrogen) atoms. The third-order valence-electron chi connectivity index (χ3n) is 6.51. The molecule has 0 aliphatic heterocycles. The minimum Gasteiger partial charge on any atom is -0.507 e. The van der Waals surface area contributed by atoms with Gasteiger partial charge in [-0.05, 0) is 40.7 Å². The second kappa shape index (κ2) is 10.1. The molecule has 190 valence electrons. The van der Waals surface area contributed by atoms with Crippen LogP contribution >= 0.6 is 17.0 Å². The van der Waals surface area contributed by atoms with Gasteiger partial charge in [0, 0.05) is 16.7 Å². The molecule has 0 radical (unpaired) electrons. The van der Waals surface area contributed by atoms with E-state index in [0.717, 1.165) is 27.7 Å². The zero-order valence-electron chi connectivity index (χ0n) is 21.9. The van der Waals surface area contributed by atoms with Gasteiger partial charge in [-0.25, -0.2) is 0 Å². The first-order chi connectivity index (χ1) is 16.4. The molecule has 6 heteroatoms. The average molecular weight is 551 g/mol. The van der Waals surface area contributed by atoms with Gasteiger partial charge in [-0.15, -0.1) is 17.0 Å². The number of hydrogen-bond acceptors (Lipinski definition) is 3. The Morgan fingerprint density at radius 1 is 0.806 bits per heavy atom. The van der Waals surface area contributed by atoms with Crippen molar-refractivity contribution in [3.05, 3.63) is 94.6 Å². The Morgan fingerprint density at radius 3 is 1.78 bits per heavy atom. The fourth-order valence-electron chi connectivity index (χ4n) is 4.55. The molecular formula is C30H36BrN3O2. The summed E-state index contributed by atoms with van der Waals surface area (Å²) >= 11 is 0. The molecule has 0 saturated carbocycles. The molecule has 0 saturated heterocycles. The fraction of sp³-hybridized carbons (Fsp3) is 0.333. The number of aromatic hydroxyl groups is 1. The number of para-hydroxylation sites is 2. The molecule has 0 spiro atoms. The molecule has 2 N–H and O–H groups in total. The zero-order valence-corrected chi connectivity index (χ0v) is 23.6. The highest BCUT2D eigenvalue weighted by Crippen LogP contribution is 2.40. The third kappa shape index (κ3) is 5.34. The van der Waals surface area contributed by atoms with Crippen LogP contribution in [-0.2, 0) is 23.9 Å². The van der Waals surface area contributed by atoms with Crippen molar-refractivity contribution >= 4 is 33.8 Å². The number of Topliss-reactive ketones (excluding diaryl/α,β-unsaturated/α-hetero) is 1. The number of fused-ring (bicyclic) bond motifs is 1. The maximum atomic E-state index is 13.7. The number of phenolic OH excluding ortho intramolecular Hbond substituents is 1. The molecule has 0 amide bonds. The van der Waals surface area contributed by atoms with Gasteiger partial charge in [0.25, 0.3) is 0 Å². The molecule has 0 atom stereocenters. The molecule has 4 aromatic rings. The molecule has 0 aliphatic carbocycles. The van der Waals surface area contributed by atoms with Crippen LogP contribution in [0.5, 0.6) is 5.75 Å². The molecule has 0 fully saturated rings. The number of halogens is 1. The van der Waals surface area contributed by atoms with E-state index in [-0.39, 0.29) is 51.5 Å². The van der Waals surface area contributed by atoms with Crippen molar-refractivity contribution in [3.8, 4) is 5.75 Å². The van der Waals surface area contributed by atoms with Gasteiger partial charge >= 0.3 is 0 Å². The Hall–Kier alpha value is -3.12. The van der Waals surface area contributed by atoms with Gasteiger partial charge in [-0.2, -0.15) is 0 Å². The minimum atomic E-state index is -0.320. The summed E-state index contributed by atoms with van der Waals surface area (Å²) in [4.78, 5) is 13.7. The van der Waals surface area contributed by atoms with E-state index >= 15 is 0 Å². The van der Waals surface area contributed by atoms with E-state index in [0.29, 0.717) is 12.1 Å². The minimum absolute atomic E-state index is 0. The number of carbonyl (C=O) groups is 1. The highest BCUT2D eigenvalue weighted by molar-refractivity contribution is 8.93. The van der Waals surface area contributed by atoms with E-state index in [1.165, 1.54) is 0 Å². The third-order valence-corrected chi connectivity index (χ3v) is 6.51. The number of ketones is 1. The Kier molecular flexibility index (Phi) is 7.70. The van der Waals surface area contributed by atoms with E-state index in [2.05, 4.69) is 0 Å². The molecule has 3 aromatic carbocycles. The second-order valence-corrected chi connectivity index (χ2v) is 11.3. The van der Waals surface area contributed by atoms with Gasteiger partial charge in [0.2, 0.25) is 5.62 Å². The predicted octanol–water partition coefficient (Wildman–Crippen LogP) is 6.73. The van der Waals surface area contributed by atoms with Crippen LogP contribution in [0.4, 0.5) is 0 Å². The molecule has 1 heterocycles. The lowest BCUT2D eigenvalue weighted by molar-refractivity contribution is 0.0971. The van der Waals surface area contributed by atoms with Gasteiger partial charge in [0.15, 0.2) is 5.78 Å². The van der Waals surface area contributed by atoms with Crippen LogP contribution in [0.15, 0.2) is 66.7 Å². The van der Waals surface area contributed by atoms with Gasteiger partial charge < -0.3 is 14.2 Å². The quantitative estimate of drug-likeness (QED) is 0.271. The Labute approximate surface area is 223 Å². The summed E-state index contributed by atoms with van der Waals surface area (Å²) in [5, 5.41) is 20.0. The summed E-state index contributed by atoms with van der Waals surface area (Å²) in [5.41, 5.74) is 4.60. The number of carbonyl (C=O) groups excluding carboxylic acids is 1. The first-order valence-corrected chi connectivity index (χ1v) is 12.1. The standard InChI is InChI=1S/C30H35N3O2.BrH/c1-29(2,3)22-16-21(17-23(27(22)35)30(4,5)6)26(34)19-33-25-15-11-10-14-24(25)32(28(33)31)18-20-12-8-7-9-13-20;/h7-17,31,35H,18-19H2,1-6H3;1H. The summed E-state index contributed by atoms with van der Waals surface area (Å²) in [6.45, 7) is 12.8. The van der Waals surface area contributed by atoms with Crippen LogP contribution < -0.4 is 5.62 Å². The highest BCUT2D eigenvalue weighted by atomic mass is 79.9. The van der Waals surface area contributed by atoms with Crippen LogP contribution in [0.1, 0.15) is 68.6 Å². The lowest BCUT2D eigenvalue weighted by Crippen LogP contribution is -2.28. The van der Waals surface area contributed by atoms with Crippen molar-refractivity contribution in [3.63, 3.8) is 0 Å². The highest BCUT2D eigenvalue weighted by Gasteiger charge is 2.28. The predicted molar refractivity (Wildman–Crippen MR) is 151 cm³/mol. The summed E-state index contributed by atoms with van der Waals surface area (Å²) in [7, 11) is 0. The Bertz CT molecular complexity index is 1420. The Morgan fingerprint density at radius 2 is 1.28 bits per heavy atom. The maximum absolute atomic E-state index is 13.7. The Balaban J connectivity index is 0.00000361. The van der Waals surface area contributed by atoms with Crippen LogP contribution in [0, 0.1) is 5.41 Å². The number of phenols is 1. The maximum Gasteiger partial charge on any atom is 0.203 e. The molecule has 4 rings (SSSR count). The molecule has 5 nitrogen and oxygen atoms in total. The first kappa shape index (κ1) is 27.5. The molecular weight excluding hydrogens is 514 g/mol. The van der Waals surface area contributed by atoms with Crippen molar-refractivity contribution in [1.82, 2.24) is 9.13 Å². The van der Waals surface area contributed by atoms with Gasteiger partial charge in [-0.3, -0.25) is 10.2 Å². The normalized spacial score (nSPS) is 11.9. The first-order valence-electron chi connectivity index (χ1n) is 12.1. The number of imidazole rings is 1. The fourth-order valence-corrected chi connectivity index (χ4v) is 4.55. The topological polar surface area (TPSA) is 71.0 Å². The van der Waals surface area contributed by atoms with Crippen LogP contribution in [0.3, 0.4) is 0 Å². The lowest BCUT2D eigenvalue weighted by atomic mass is 9.78. The summed E-state index contributed by atoms with van der Waals surface area (Å²) in [5.74, 6) is 0.178. The van der Waals surface area contributed by atoms with E-state index in [9.17, 15) is 9.90 Å². The smallest absolute Gasteiger partial charge is 0.203 e. The number of rotatable bonds is 5. The summed E-state index contributed by atoms with van der Waals surface area (Å²) in [6, 6.07) is 21.5. The van der Waals surface area contributed by atoms with Crippen molar-refractivity contribution in [2.45, 2.75) is 65.5 Å². The van der Waals surface area contributed by atoms with E-state index in [4.69, 9.17) is 5.41 Å². The molecule has 0 unspecified atom stereocenters. The van der Waals surface area contributed by atoms with E-state index in [1.54, 1.807) is 4.57 Å². The number of aromatic nitrogens is 2. The molecule has 1 aromatic heterocycles. The molecule has 0 bridgehead atoms. The largest absolute Gasteiger partial charge is 0.507 e. The van der Waals surface area contributed by atoms with Gasteiger partial charge in [0.1, 0.15) is 5.75 Å². The van der Waals surface area contributed by atoms with Crippen LogP contribution in [0.2, 0.25) is 0 Å². The monoisotopic (exact) mass is 549 g/mol. The number of benzene rings is 3. The number of nitrogens with one attached hydrogen (secondary N) is 1. The van der Waals surface area contributed by atoms with Crippen molar-refractivity contribution in [2.24, 2.45) is 0 Å². The van der Waals surface area contributed by atoms with Gasteiger partial charge in [-0.1, -0.05) is 84.0 Å². The zero-order chi connectivity index (χ0) is 25.5. The van der Waals surface area contributed by atoms with Crippen molar-refractivity contribution in [1.29, 1.82) is 5.41 Å². The second-order valence-electron chi connectivity index (χ2n) is 11.3. The van der Waals surface area contributed by atoms with E-state index in [1.807, 2.05) is 113 Å². The van der Waals surface area contributed by atoms with Crippen molar-refractivity contribution in [2.75, 3.05) is 0 Å². The van der Waals surface area contributed by atoms with E-state index < -0.39 is 0 Å². The number of nitrogens with zero attached hydrogens (tertiary/aromatic N) is 2. The van der Waals surface area contributed by atoms with Crippen LogP contribution in [0.25, 0.3) is 11.0 Å². The van der Waals surface area contributed by atoms with Gasteiger partial charge in [0.05, 0.1) is 24.1 Å². The summed E-state index contributed by atoms with van der Waals surface area (Å²) in [6.07, 6.45) is 0. The lowest BCUT2D eigenvalue weighted by Gasteiger charge is -2.28. The van der Waals surface area contributed by atoms with Crippen LogP contribution in [-0.4, -0.2) is 20.0 Å². The summed E-state index contributed by atoms with van der Waals surface area (Å²) < 4.78 is 3.72. The SMILES string of the molecule is Br.CC(C)(C)c1cc(C(=O)Cn2c(=N)n(Cc3ccccc3)c3ccccc32)cc(C(C)(C)C)c1O. The average Bonchev–Trinajstić information content (AvgIpc) is 3.04. The molecule has 0 aliphatic rings. The van der Waals surface area contributed by atoms with Crippen molar-refractivity contribution < 1.29 is 9.90 Å².